The third-order valence-electron chi connectivity index (χ3n) is 5.64. The molecule has 0 bridgehead atoms. The smallest absolute Gasteiger partial charge is 0.262 e. The Morgan fingerprint density at radius 2 is 2.03 bits per heavy atom. The summed E-state index contributed by atoms with van der Waals surface area (Å²) in [7, 11) is -3.74. The Labute approximate surface area is 182 Å². The lowest BCUT2D eigenvalue weighted by Gasteiger charge is -2.30. The van der Waals surface area contributed by atoms with E-state index >= 15 is 0 Å². The molecule has 1 aliphatic heterocycles. The first-order valence-electron chi connectivity index (χ1n) is 10.5. The van der Waals surface area contributed by atoms with Crippen LogP contribution in [-0.4, -0.2) is 46.3 Å². The van der Waals surface area contributed by atoms with Crippen molar-refractivity contribution in [1.82, 2.24) is 18.8 Å². The fourth-order valence-electron chi connectivity index (χ4n) is 3.89. The van der Waals surface area contributed by atoms with E-state index in [9.17, 15) is 13.2 Å². The van der Waals surface area contributed by atoms with Gasteiger partial charge in [0.1, 0.15) is 0 Å². The third-order valence-corrected chi connectivity index (χ3v) is 7.39. The zero-order chi connectivity index (χ0) is 22.2. The van der Waals surface area contributed by atoms with Gasteiger partial charge in [0, 0.05) is 36.4 Å². The van der Waals surface area contributed by atoms with Gasteiger partial charge in [-0.1, -0.05) is 18.2 Å². The summed E-state index contributed by atoms with van der Waals surface area (Å²) in [5.74, 6) is -0.605. The van der Waals surface area contributed by atoms with E-state index in [1.807, 2.05) is 51.1 Å². The second kappa shape index (κ2) is 8.39. The third kappa shape index (κ3) is 4.33. The minimum atomic E-state index is -3.74. The summed E-state index contributed by atoms with van der Waals surface area (Å²) < 4.78 is 29.3. The normalized spacial score (nSPS) is 17.9. The summed E-state index contributed by atoms with van der Waals surface area (Å²) >= 11 is 0. The Kier molecular flexibility index (Phi) is 5.81. The molecule has 3 heterocycles. The van der Waals surface area contributed by atoms with Crippen LogP contribution >= 0.6 is 0 Å². The maximum atomic E-state index is 13.1. The van der Waals surface area contributed by atoms with Crippen LogP contribution in [0.3, 0.4) is 0 Å². The van der Waals surface area contributed by atoms with Gasteiger partial charge in [-0.15, -0.1) is 0 Å². The van der Waals surface area contributed by atoms with Gasteiger partial charge in [-0.3, -0.25) is 9.78 Å². The molecule has 1 amide bonds. The standard InChI is InChI=1S/C22H27N5O3S/c1-15(2)26-13-21(23-14-26)31(29,30)27-10-6-7-17(12-27)22(28)25-20-11-16(3)24-19-9-5-4-8-18(19)20/h4-5,8-9,11,13-15,17H,6-7,10,12H2,1-3H3,(H,24,25,28). The molecule has 31 heavy (non-hydrogen) atoms. The summed E-state index contributed by atoms with van der Waals surface area (Å²) in [6.07, 6.45) is 4.34. The molecule has 3 aromatic rings. The molecule has 0 aliphatic carbocycles. The Bertz CT molecular complexity index is 1220. The molecule has 1 aliphatic rings. The fraction of sp³-hybridized carbons (Fsp3) is 0.409. The molecule has 2 aromatic heterocycles. The predicted molar refractivity (Wildman–Crippen MR) is 119 cm³/mol. The van der Waals surface area contributed by atoms with Crippen molar-refractivity contribution in [2.24, 2.45) is 5.92 Å². The number of pyridine rings is 1. The molecule has 0 saturated carbocycles. The molecular formula is C22H27N5O3S. The lowest BCUT2D eigenvalue weighted by atomic mass is 9.98. The van der Waals surface area contributed by atoms with E-state index in [-0.39, 0.29) is 23.5 Å². The summed E-state index contributed by atoms with van der Waals surface area (Å²) in [4.78, 5) is 21.6. The number of rotatable bonds is 5. The lowest BCUT2D eigenvalue weighted by Crippen LogP contribution is -2.43. The molecular weight excluding hydrogens is 414 g/mol. The average Bonchev–Trinajstić information content (AvgIpc) is 3.25. The van der Waals surface area contributed by atoms with Gasteiger partial charge in [-0.2, -0.15) is 4.31 Å². The quantitative estimate of drug-likeness (QED) is 0.655. The Balaban J connectivity index is 1.53. The van der Waals surface area contributed by atoms with Crippen molar-refractivity contribution in [2.45, 2.75) is 44.7 Å². The second-order valence-electron chi connectivity index (χ2n) is 8.27. The number of fused-ring (bicyclic) bond motifs is 1. The number of nitrogens with zero attached hydrogens (tertiary/aromatic N) is 4. The molecule has 1 unspecified atom stereocenters. The zero-order valence-electron chi connectivity index (χ0n) is 17.9. The first-order valence-corrected chi connectivity index (χ1v) is 11.9. The molecule has 4 rings (SSSR count). The lowest BCUT2D eigenvalue weighted by molar-refractivity contribution is -0.120. The molecule has 9 heteroatoms. The first kappa shape index (κ1) is 21.5. The second-order valence-corrected chi connectivity index (χ2v) is 10.2. The largest absolute Gasteiger partial charge is 0.334 e. The Morgan fingerprint density at radius 3 is 2.77 bits per heavy atom. The van der Waals surface area contributed by atoms with E-state index in [4.69, 9.17) is 0 Å². The number of hydrogen-bond donors (Lipinski definition) is 1. The zero-order valence-corrected chi connectivity index (χ0v) is 18.8. The van der Waals surface area contributed by atoms with Crippen molar-refractivity contribution < 1.29 is 13.2 Å². The highest BCUT2D eigenvalue weighted by Crippen LogP contribution is 2.27. The van der Waals surface area contributed by atoms with E-state index in [1.165, 1.54) is 10.6 Å². The van der Waals surface area contributed by atoms with Crippen LogP contribution in [0.5, 0.6) is 0 Å². The van der Waals surface area contributed by atoms with Gasteiger partial charge >= 0.3 is 0 Å². The van der Waals surface area contributed by atoms with Crippen LogP contribution in [0.4, 0.5) is 5.69 Å². The van der Waals surface area contributed by atoms with Crippen molar-refractivity contribution in [3.8, 4) is 0 Å². The number of carbonyl (C=O) groups excluding carboxylic acids is 1. The van der Waals surface area contributed by atoms with Crippen molar-refractivity contribution >= 4 is 32.5 Å². The van der Waals surface area contributed by atoms with E-state index in [1.54, 1.807) is 10.8 Å². The van der Waals surface area contributed by atoms with Gasteiger partial charge in [0.2, 0.25) is 5.91 Å². The van der Waals surface area contributed by atoms with Gasteiger partial charge in [0.15, 0.2) is 5.03 Å². The van der Waals surface area contributed by atoms with Crippen LogP contribution in [0, 0.1) is 12.8 Å². The minimum Gasteiger partial charge on any atom is -0.334 e. The van der Waals surface area contributed by atoms with E-state index < -0.39 is 15.9 Å². The number of aryl methyl sites for hydroxylation is 1. The number of imidazole rings is 1. The van der Waals surface area contributed by atoms with Crippen LogP contribution in [0.25, 0.3) is 10.9 Å². The molecule has 1 fully saturated rings. The van der Waals surface area contributed by atoms with Crippen LogP contribution in [-0.2, 0) is 14.8 Å². The van der Waals surface area contributed by atoms with Gasteiger partial charge in [-0.05, 0) is 45.7 Å². The number of benzene rings is 1. The molecule has 8 nitrogen and oxygen atoms in total. The molecule has 1 N–H and O–H groups in total. The maximum absolute atomic E-state index is 13.1. The van der Waals surface area contributed by atoms with Crippen LogP contribution in [0.15, 0.2) is 47.9 Å². The van der Waals surface area contributed by atoms with E-state index in [0.29, 0.717) is 25.1 Å². The molecule has 1 aromatic carbocycles. The highest BCUT2D eigenvalue weighted by atomic mass is 32.2. The number of piperidine rings is 1. The Morgan fingerprint density at radius 1 is 1.26 bits per heavy atom. The summed E-state index contributed by atoms with van der Waals surface area (Å²) in [6.45, 7) is 6.34. The number of aromatic nitrogens is 3. The van der Waals surface area contributed by atoms with Gasteiger partial charge in [0.25, 0.3) is 10.0 Å². The topological polar surface area (TPSA) is 97.2 Å². The highest BCUT2D eigenvalue weighted by Gasteiger charge is 2.34. The molecule has 1 atom stereocenters. The van der Waals surface area contributed by atoms with Gasteiger partial charge in [-0.25, -0.2) is 13.4 Å². The van der Waals surface area contributed by atoms with Gasteiger partial charge in [0.05, 0.1) is 23.4 Å². The van der Waals surface area contributed by atoms with Crippen molar-refractivity contribution in [3.63, 3.8) is 0 Å². The number of sulfonamides is 1. The monoisotopic (exact) mass is 441 g/mol. The van der Waals surface area contributed by atoms with Crippen LogP contribution in [0.2, 0.25) is 0 Å². The van der Waals surface area contributed by atoms with Crippen LogP contribution < -0.4 is 5.32 Å². The predicted octanol–water partition coefficient (Wildman–Crippen LogP) is 3.36. The number of para-hydroxylation sites is 1. The Hall–Kier alpha value is -2.78. The van der Waals surface area contributed by atoms with E-state index in [2.05, 4.69) is 15.3 Å². The van der Waals surface area contributed by atoms with Gasteiger partial charge < -0.3 is 9.88 Å². The highest BCUT2D eigenvalue weighted by molar-refractivity contribution is 7.89. The minimum absolute atomic E-state index is 0.0259. The number of hydrogen-bond acceptors (Lipinski definition) is 5. The summed E-state index contributed by atoms with van der Waals surface area (Å²) in [6, 6.07) is 9.60. The summed E-state index contributed by atoms with van der Waals surface area (Å²) in [5.41, 5.74) is 2.32. The molecule has 0 radical (unpaired) electrons. The fourth-order valence-corrected chi connectivity index (χ4v) is 5.33. The number of nitrogens with one attached hydrogen (secondary N) is 1. The molecule has 164 valence electrons. The van der Waals surface area contributed by atoms with Crippen molar-refractivity contribution in [2.75, 3.05) is 18.4 Å². The van der Waals surface area contributed by atoms with Crippen LogP contribution in [0.1, 0.15) is 38.4 Å². The van der Waals surface area contributed by atoms with E-state index in [0.717, 1.165) is 16.6 Å². The number of anilines is 1. The van der Waals surface area contributed by atoms with Crippen molar-refractivity contribution in [1.29, 1.82) is 0 Å². The average molecular weight is 442 g/mol. The number of amides is 1. The summed E-state index contributed by atoms with van der Waals surface area (Å²) in [5, 5.41) is 3.89. The SMILES string of the molecule is Cc1cc(NC(=O)C2CCCN(S(=O)(=O)c3cn(C(C)C)cn3)C2)c2ccccc2n1. The molecule has 0 spiro atoms. The molecule has 1 saturated heterocycles. The maximum Gasteiger partial charge on any atom is 0.262 e. The van der Waals surface area contributed by atoms with Crippen molar-refractivity contribution in [3.05, 3.63) is 48.5 Å². The number of carbonyl (C=O) groups is 1. The first-order chi connectivity index (χ1) is 14.8.